The first-order valence-corrected chi connectivity index (χ1v) is 6.20. The van der Waals surface area contributed by atoms with Gasteiger partial charge in [0.05, 0.1) is 12.8 Å². The van der Waals surface area contributed by atoms with Gasteiger partial charge in [-0.15, -0.1) is 0 Å². The number of hydrogen-bond donors (Lipinski definition) is 2. The van der Waals surface area contributed by atoms with Gasteiger partial charge in [0, 0.05) is 12.7 Å². The van der Waals surface area contributed by atoms with E-state index in [-0.39, 0.29) is 5.75 Å². The molecule has 0 spiro atoms. The van der Waals surface area contributed by atoms with Gasteiger partial charge in [-0.2, -0.15) is 0 Å². The van der Waals surface area contributed by atoms with E-state index in [1.807, 2.05) is 18.2 Å². The van der Waals surface area contributed by atoms with Crippen LogP contribution < -0.4 is 10.1 Å². The second kappa shape index (κ2) is 5.73. The summed E-state index contributed by atoms with van der Waals surface area (Å²) in [5.74, 6) is 0.614. The third kappa shape index (κ3) is 2.92. The number of methoxy groups -OCH3 is 1. The van der Waals surface area contributed by atoms with Gasteiger partial charge in [0.1, 0.15) is 4.60 Å². The number of aromatic nitrogens is 1. The molecule has 5 heteroatoms. The summed E-state index contributed by atoms with van der Waals surface area (Å²) in [5, 5.41) is 12.9. The third-order valence-electron chi connectivity index (χ3n) is 2.49. The molecule has 0 fully saturated rings. The predicted molar refractivity (Wildman–Crippen MR) is 73.9 cm³/mol. The van der Waals surface area contributed by atoms with Crippen molar-refractivity contribution in [3.8, 4) is 11.5 Å². The number of rotatable bonds is 4. The fraction of sp³-hybridized carbons (Fsp3) is 0.154. The number of nitrogens with one attached hydrogen (secondary N) is 1. The van der Waals surface area contributed by atoms with Crippen molar-refractivity contribution in [2.24, 2.45) is 0 Å². The summed E-state index contributed by atoms with van der Waals surface area (Å²) in [6.45, 7) is 0.599. The molecule has 0 aliphatic carbocycles. The lowest BCUT2D eigenvalue weighted by atomic mass is 10.2. The van der Waals surface area contributed by atoms with Gasteiger partial charge < -0.3 is 15.2 Å². The van der Waals surface area contributed by atoms with Crippen LogP contribution in [0.2, 0.25) is 0 Å². The van der Waals surface area contributed by atoms with E-state index in [0.29, 0.717) is 12.3 Å². The van der Waals surface area contributed by atoms with Gasteiger partial charge in [0.15, 0.2) is 11.5 Å². The molecule has 0 aliphatic heterocycles. The van der Waals surface area contributed by atoms with Crippen molar-refractivity contribution in [2.45, 2.75) is 6.54 Å². The van der Waals surface area contributed by atoms with Gasteiger partial charge in [-0.3, -0.25) is 0 Å². The van der Waals surface area contributed by atoms with Crippen molar-refractivity contribution >= 4 is 21.6 Å². The Morgan fingerprint density at radius 3 is 2.89 bits per heavy atom. The summed E-state index contributed by atoms with van der Waals surface area (Å²) >= 11 is 3.36. The maximum Gasteiger partial charge on any atom is 0.160 e. The molecule has 0 amide bonds. The average molecular weight is 309 g/mol. The van der Waals surface area contributed by atoms with E-state index in [2.05, 4.69) is 26.2 Å². The number of anilines is 1. The van der Waals surface area contributed by atoms with Crippen molar-refractivity contribution in [1.29, 1.82) is 0 Å². The highest BCUT2D eigenvalue weighted by molar-refractivity contribution is 9.10. The molecule has 0 saturated heterocycles. The maximum absolute atomic E-state index is 9.67. The summed E-state index contributed by atoms with van der Waals surface area (Å²) in [7, 11) is 1.53. The van der Waals surface area contributed by atoms with Crippen LogP contribution in [0.5, 0.6) is 11.5 Å². The molecule has 94 valence electrons. The molecular weight excluding hydrogens is 296 g/mol. The molecule has 0 saturated carbocycles. The minimum Gasteiger partial charge on any atom is -0.504 e. The van der Waals surface area contributed by atoms with E-state index in [9.17, 15) is 5.11 Å². The van der Waals surface area contributed by atoms with Crippen LogP contribution in [0.3, 0.4) is 0 Å². The average Bonchev–Trinajstić information content (AvgIpc) is 2.38. The second-order valence-electron chi connectivity index (χ2n) is 3.70. The molecule has 1 heterocycles. The number of benzene rings is 1. The molecule has 0 aliphatic rings. The zero-order valence-corrected chi connectivity index (χ0v) is 11.4. The van der Waals surface area contributed by atoms with Gasteiger partial charge >= 0.3 is 0 Å². The lowest BCUT2D eigenvalue weighted by Crippen LogP contribution is -2.00. The second-order valence-corrected chi connectivity index (χ2v) is 4.45. The minimum absolute atomic E-state index is 0.141. The highest BCUT2D eigenvalue weighted by Crippen LogP contribution is 2.27. The van der Waals surface area contributed by atoms with Crippen LogP contribution >= 0.6 is 15.9 Å². The smallest absolute Gasteiger partial charge is 0.160 e. The SMILES string of the molecule is COc1ccc(CNc2cccnc2Br)cc1O. The van der Waals surface area contributed by atoms with E-state index in [4.69, 9.17) is 4.74 Å². The number of ether oxygens (including phenoxy) is 1. The van der Waals surface area contributed by atoms with Gasteiger partial charge in [0.2, 0.25) is 0 Å². The molecule has 1 aromatic carbocycles. The highest BCUT2D eigenvalue weighted by atomic mass is 79.9. The van der Waals surface area contributed by atoms with E-state index >= 15 is 0 Å². The fourth-order valence-electron chi connectivity index (χ4n) is 1.56. The molecule has 4 nitrogen and oxygen atoms in total. The monoisotopic (exact) mass is 308 g/mol. The Bertz CT molecular complexity index is 546. The predicted octanol–water partition coefficient (Wildman–Crippen LogP) is 3.17. The van der Waals surface area contributed by atoms with Gasteiger partial charge in [-0.25, -0.2) is 4.98 Å². The molecule has 2 N–H and O–H groups in total. The molecule has 0 bridgehead atoms. The molecule has 1 aromatic heterocycles. The van der Waals surface area contributed by atoms with Crippen LogP contribution in [0, 0.1) is 0 Å². The zero-order chi connectivity index (χ0) is 13.0. The van der Waals surface area contributed by atoms with Crippen LogP contribution in [0.1, 0.15) is 5.56 Å². The molecule has 0 radical (unpaired) electrons. The first-order chi connectivity index (χ1) is 8.70. The Kier molecular flexibility index (Phi) is 4.04. The molecule has 18 heavy (non-hydrogen) atoms. The van der Waals surface area contributed by atoms with Crippen LogP contribution in [0.25, 0.3) is 0 Å². The molecule has 2 aromatic rings. The Morgan fingerprint density at radius 2 is 2.22 bits per heavy atom. The highest BCUT2D eigenvalue weighted by Gasteiger charge is 2.03. The summed E-state index contributed by atoms with van der Waals surface area (Å²) in [4.78, 5) is 4.12. The Hall–Kier alpha value is -1.75. The summed E-state index contributed by atoms with van der Waals surface area (Å²) < 4.78 is 5.76. The van der Waals surface area contributed by atoms with Crippen molar-refractivity contribution in [3.05, 3.63) is 46.7 Å². The lowest BCUT2D eigenvalue weighted by Gasteiger charge is -2.09. The number of nitrogens with zero attached hydrogens (tertiary/aromatic N) is 1. The first-order valence-electron chi connectivity index (χ1n) is 5.41. The van der Waals surface area contributed by atoms with Crippen molar-refractivity contribution in [3.63, 3.8) is 0 Å². The Morgan fingerprint density at radius 1 is 1.39 bits per heavy atom. The number of pyridine rings is 1. The van der Waals surface area contributed by atoms with Crippen molar-refractivity contribution in [2.75, 3.05) is 12.4 Å². The topological polar surface area (TPSA) is 54.4 Å². The first kappa shape index (κ1) is 12.7. The quantitative estimate of drug-likeness (QED) is 0.852. The maximum atomic E-state index is 9.67. The van der Waals surface area contributed by atoms with Gasteiger partial charge in [-0.1, -0.05) is 6.07 Å². The third-order valence-corrected chi connectivity index (χ3v) is 3.12. The fourth-order valence-corrected chi connectivity index (χ4v) is 1.95. The van der Waals surface area contributed by atoms with Gasteiger partial charge in [0.25, 0.3) is 0 Å². The van der Waals surface area contributed by atoms with E-state index < -0.39 is 0 Å². The van der Waals surface area contributed by atoms with Crippen LogP contribution in [0.15, 0.2) is 41.1 Å². The number of hydrogen-bond acceptors (Lipinski definition) is 4. The summed E-state index contributed by atoms with van der Waals surface area (Å²) in [6, 6.07) is 9.11. The lowest BCUT2D eigenvalue weighted by molar-refractivity contribution is 0.373. The van der Waals surface area contributed by atoms with E-state index in [0.717, 1.165) is 15.9 Å². The minimum atomic E-state index is 0.141. The summed E-state index contributed by atoms with van der Waals surface area (Å²) in [5.41, 5.74) is 1.87. The Balaban J connectivity index is 2.07. The summed E-state index contributed by atoms with van der Waals surface area (Å²) in [6.07, 6.45) is 1.72. The normalized spacial score (nSPS) is 10.1. The van der Waals surface area contributed by atoms with Crippen LogP contribution in [0.4, 0.5) is 5.69 Å². The van der Waals surface area contributed by atoms with Crippen LogP contribution in [-0.4, -0.2) is 17.2 Å². The molecular formula is C13H13BrN2O2. The number of aromatic hydroxyl groups is 1. The molecule has 0 atom stereocenters. The molecule has 2 rings (SSSR count). The van der Waals surface area contributed by atoms with Gasteiger partial charge in [-0.05, 0) is 45.8 Å². The number of phenolic OH excluding ortho intramolecular Hbond substituents is 1. The zero-order valence-electron chi connectivity index (χ0n) is 9.85. The Labute approximate surface area is 114 Å². The number of halogens is 1. The number of phenols is 1. The largest absolute Gasteiger partial charge is 0.504 e. The van der Waals surface area contributed by atoms with E-state index in [1.54, 1.807) is 18.3 Å². The van der Waals surface area contributed by atoms with Crippen LogP contribution in [-0.2, 0) is 6.54 Å². The van der Waals surface area contributed by atoms with Crippen molar-refractivity contribution < 1.29 is 9.84 Å². The van der Waals surface area contributed by atoms with E-state index in [1.165, 1.54) is 7.11 Å². The standard InChI is InChI=1S/C13H13BrN2O2/c1-18-12-5-4-9(7-11(12)17)8-16-10-3-2-6-15-13(10)14/h2-7,16-17H,8H2,1H3. The van der Waals surface area contributed by atoms with Crippen molar-refractivity contribution in [1.82, 2.24) is 4.98 Å². The molecule has 0 unspecified atom stereocenters.